The molecule has 0 aliphatic carbocycles. The number of rotatable bonds is 6. The maximum Gasteiger partial charge on any atom is 0.187 e. The molecule has 1 aromatic rings. The Hall–Kier alpha value is -2.14. The summed E-state index contributed by atoms with van der Waals surface area (Å²) >= 11 is 1.60. The summed E-state index contributed by atoms with van der Waals surface area (Å²) in [7, 11) is 0. The van der Waals surface area contributed by atoms with Crippen molar-refractivity contribution in [2.45, 2.75) is 26.8 Å². The highest BCUT2D eigenvalue weighted by molar-refractivity contribution is 7.13. The number of amidine groups is 1. The second kappa shape index (κ2) is 7.75. The van der Waals surface area contributed by atoms with E-state index in [-0.39, 0.29) is 6.04 Å². The summed E-state index contributed by atoms with van der Waals surface area (Å²) in [5, 5.41) is 6.30. The normalized spacial score (nSPS) is 19.2. The molecule has 1 unspecified atom stereocenters. The minimum Gasteiger partial charge on any atom is -0.332 e. The van der Waals surface area contributed by atoms with Crippen molar-refractivity contribution < 1.29 is 0 Å². The molecule has 0 aromatic carbocycles. The second-order valence-electron chi connectivity index (χ2n) is 4.85. The van der Waals surface area contributed by atoms with Gasteiger partial charge < -0.3 is 10.2 Å². The first-order chi connectivity index (χ1) is 10.7. The Morgan fingerprint density at radius 3 is 2.95 bits per heavy atom. The summed E-state index contributed by atoms with van der Waals surface area (Å²) in [6, 6.07) is 0.191. The first-order valence-corrected chi connectivity index (χ1v) is 8.17. The van der Waals surface area contributed by atoms with Gasteiger partial charge in [0.05, 0.1) is 18.3 Å². The van der Waals surface area contributed by atoms with E-state index in [2.05, 4.69) is 33.4 Å². The summed E-state index contributed by atoms with van der Waals surface area (Å²) in [5.74, 6) is 1.03. The Kier molecular flexibility index (Phi) is 5.72. The molecule has 2 heterocycles. The third-order valence-electron chi connectivity index (χ3n) is 3.27. The highest BCUT2D eigenvalue weighted by atomic mass is 32.1. The number of aliphatic imine (C=N–C) groups is 1. The number of thiazole rings is 1. The van der Waals surface area contributed by atoms with Crippen molar-refractivity contribution in [2.24, 2.45) is 4.99 Å². The van der Waals surface area contributed by atoms with E-state index in [4.69, 9.17) is 4.98 Å². The third kappa shape index (κ3) is 3.74. The van der Waals surface area contributed by atoms with E-state index in [1.165, 1.54) is 0 Å². The SMILES string of the molecule is C=C/C=C(\C=C/C)Nc1nc(C2CN=C(C)N2/C=C\C)cs1. The van der Waals surface area contributed by atoms with Crippen LogP contribution < -0.4 is 5.32 Å². The van der Waals surface area contributed by atoms with Crippen LogP contribution in [0.2, 0.25) is 0 Å². The number of hydrogen-bond donors (Lipinski definition) is 1. The lowest BCUT2D eigenvalue weighted by atomic mass is 10.2. The molecule has 0 radical (unpaired) electrons. The minimum atomic E-state index is 0.191. The molecule has 1 atom stereocenters. The average Bonchev–Trinajstić information content (AvgIpc) is 3.08. The van der Waals surface area contributed by atoms with Crippen LogP contribution in [0.25, 0.3) is 0 Å². The Morgan fingerprint density at radius 1 is 1.45 bits per heavy atom. The molecule has 5 heteroatoms. The Morgan fingerprint density at radius 2 is 2.27 bits per heavy atom. The van der Waals surface area contributed by atoms with Gasteiger partial charge in [-0.25, -0.2) is 4.98 Å². The molecule has 0 fully saturated rings. The van der Waals surface area contributed by atoms with E-state index in [9.17, 15) is 0 Å². The number of hydrogen-bond acceptors (Lipinski definition) is 5. The summed E-state index contributed by atoms with van der Waals surface area (Å²) in [5.41, 5.74) is 2.02. The maximum atomic E-state index is 4.71. The van der Waals surface area contributed by atoms with Gasteiger partial charge in [0.25, 0.3) is 0 Å². The van der Waals surface area contributed by atoms with Crippen molar-refractivity contribution in [2.75, 3.05) is 11.9 Å². The van der Waals surface area contributed by atoms with E-state index in [1.54, 1.807) is 17.4 Å². The van der Waals surface area contributed by atoms with E-state index in [0.29, 0.717) is 0 Å². The lowest BCUT2D eigenvalue weighted by Crippen LogP contribution is -2.23. The topological polar surface area (TPSA) is 40.5 Å². The van der Waals surface area contributed by atoms with Gasteiger partial charge in [-0.15, -0.1) is 11.3 Å². The minimum absolute atomic E-state index is 0.191. The van der Waals surface area contributed by atoms with Gasteiger partial charge in [-0.1, -0.05) is 24.8 Å². The fraction of sp³-hybridized carbons (Fsp3) is 0.294. The molecule has 0 spiro atoms. The van der Waals surface area contributed by atoms with Crippen molar-refractivity contribution >= 4 is 22.3 Å². The largest absolute Gasteiger partial charge is 0.332 e. The van der Waals surface area contributed by atoms with Crippen LogP contribution in [0.1, 0.15) is 32.5 Å². The number of aromatic nitrogens is 1. The van der Waals surface area contributed by atoms with Crippen LogP contribution in [0.3, 0.4) is 0 Å². The van der Waals surface area contributed by atoms with Crippen LogP contribution in [0.5, 0.6) is 0 Å². The molecular formula is C17H22N4S. The molecule has 0 amide bonds. The molecule has 1 aliphatic rings. The first kappa shape index (κ1) is 16.2. The highest BCUT2D eigenvalue weighted by Gasteiger charge is 2.26. The molecular weight excluding hydrogens is 292 g/mol. The van der Waals surface area contributed by atoms with Gasteiger partial charge in [-0.3, -0.25) is 4.99 Å². The van der Waals surface area contributed by atoms with Crippen LogP contribution in [0.15, 0.2) is 59.2 Å². The average molecular weight is 314 g/mol. The fourth-order valence-corrected chi connectivity index (χ4v) is 3.06. The Balaban J connectivity index is 2.15. The van der Waals surface area contributed by atoms with Crippen molar-refractivity contribution in [3.05, 3.63) is 59.9 Å². The molecule has 116 valence electrons. The molecule has 22 heavy (non-hydrogen) atoms. The van der Waals surface area contributed by atoms with Gasteiger partial charge in [0.15, 0.2) is 5.13 Å². The monoisotopic (exact) mass is 314 g/mol. The van der Waals surface area contributed by atoms with Gasteiger partial charge >= 0.3 is 0 Å². The number of nitrogens with zero attached hydrogens (tertiary/aromatic N) is 3. The molecule has 4 nitrogen and oxygen atoms in total. The molecule has 1 aromatic heterocycles. The zero-order valence-electron chi connectivity index (χ0n) is 13.3. The second-order valence-corrected chi connectivity index (χ2v) is 5.71. The van der Waals surface area contributed by atoms with Gasteiger partial charge in [0.2, 0.25) is 0 Å². The van der Waals surface area contributed by atoms with E-state index < -0.39 is 0 Å². The first-order valence-electron chi connectivity index (χ1n) is 7.29. The molecule has 1 N–H and O–H groups in total. The Bertz CT molecular complexity index is 637. The van der Waals surface area contributed by atoms with Gasteiger partial charge in [-0.2, -0.15) is 0 Å². The van der Waals surface area contributed by atoms with Crippen molar-refractivity contribution in [1.29, 1.82) is 0 Å². The lowest BCUT2D eigenvalue weighted by Gasteiger charge is -2.21. The quantitative estimate of drug-likeness (QED) is 0.785. The van der Waals surface area contributed by atoms with Gasteiger partial charge in [0, 0.05) is 17.3 Å². The Labute approximate surface area is 136 Å². The summed E-state index contributed by atoms with van der Waals surface area (Å²) in [6.45, 7) is 10.5. The maximum absolute atomic E-state index is 4.71. The van der Waals surface area contributed by atoms with E-state index >= 15 is 0 Å². The molecule has 0 saturated heterocycles. The van der Waals surface area contributed by atoms with Crippen molar-refractivity contribution in [3.8, 4) is 0 Å². The molecule has 2 rings (SSSR count). The van der Waals surface area contributed by atoms with Crippen LogP contribution in [0, 0.1) is 0 Å². The number of nitrogens with one attached hydrogen (secondary N) is 1. The smallest absolute Gasteiger partial charge is 0.187 e. The predicted octanol–water partition coefficient (Wildman–Crippen LogP) is 4.51. The predicted molar refractivity (Wildman–Crippen MR) is 96.2 cm³/mol. The van der Waals surface area contributed by atoms with E-state index in [1.807, 2.05) is 45.1 Å². The zero-order valence-corrected chi connectivity index (χ0v) is 14.1. The van der Waals surface area contributed by atoms with E-state index in [0.717, 1.165) is 28.9 Å². The van der Waals surface area contributed by atoms with Crippen LogP contribution in [-0.4, -0.2) is 22.3 Å². The van der Waals surface area contributed by atoms with Crippen LogP contribution >= 0.6 is 11.3 Å². The standard InChI is InChI=1S/C17H22N4S/c1-5-8-14(9-6-2)19-17-20-15(12-22-17)16-11-18-13(4)21(16)10-7-3/h5-10,12,16H,1,11H2,2-4H3,(H,19,20)/b9-6-,10-7-,14-8+. The lowest BCUT2D eigenvalue weighted by molar-refractivity contribution is 0.447. The summed E-state index contributed by atoms with van der Waals surface area (Å²) < 4.78 is 0. The summed E-state index contributed by atoms with van der Waals surface area (Å²) in [4.78, 5) is 11.4. The molecule has 0 saturated carbocycles. The fourth-order valence-electron chi connectivity index (χ4n) is 2.29. The van der Waals surface area contributed by atoms with Crippen molar-refractivity contribution in [1.82, 2.24) is 9.88 Å². The van der Waals surface area contributed by atoms with Gasteiger partial charge in [0.1, 0.15) is 5.84 Å². The molecule has 1 aliphatic heterocycles. The van der Waals surface area contributed by atoms with Crippen molar-refractivity contribution in [3.63, 3.8) is 0 Å². The van der Waals surface area contributed by atoms with Crippen LogP contribution in [-0.2, 0) is 0 Å². The highest BCUT2D eigenvalue weighted by Crippen LogP contribution is 2.30. The summed E-state index contributed by atoms with van der Waals surface area (Å²) in [6.07, 6.45) is 11.8. The molecule has 0 bridgehead atoms. The third-order valence-corrected chi connectivity index (χ3v) is 4.05. The zero-order chi connectivity index (χ0) is 15.9. The number of anilines is 1. The number of allylic oxidation sites excluding steroid dienone is 5. The van der Waals surface area contributed by atoms with Crippen LogP contribution in [0.4, 0.5) is 5.13 Å². The van der Waals surface area contributed by atoms with Gasteiger partial charge in [-0.05, 0) is 32.9 Å².